The fourth-order valence-corrected chi connectivity index (χ4v) is 6.67. The van der Waals surface area contributed by atoms with E-state index in [0.29, 0.717) is 16.7 Å². The first-order valence-corrected chi connectivity index (χ1v) is 13.6. The van der Waals surface area contributed by atoms with Gasteiger partial charge in [0, 0.05) is 40.0 Å². The fourth-order valence-electron chi connectivity index (χ4n) is 5.38. The van der Waals surface area contributed by atoms with E-state index in [2.05, 4.69) is 16.4 Å². The van der Waals surface area contributed by atoms with Gasteiger partial charge in [0.15, 0.2) is 5.75 Å². The van der Waals surface area contributed by atoms with Crippen LogP contribution in [0.5, 0.6) is 5.75 Å². The Balaban J connectivity index is 1.39. The Morgan fingerprint density at radius 3 is 2.79 bits per heavy atom. The third-order valence-corrected chi connectivity index (χ3v) is 8.57. The number of ether oxygens (including phenoxy) is 1. The normalized spacial score (nSPS) is 16.7. The number of pyridine rings is 2. The first-order valence-electron chi connectivity index (χ1n) is 12.7. The third kappa shape index (κ3) is 4.36. The molecule has 0 radical (unpaired) electrons. The van der Waals surface area contributed by atoms with Crippen molar-refractivity contribution in [2.75, 3.05) is 7.11 Å². The van der Waals surface area contributed by atoms with Crippen LogP contribution in [0.25, 0.3) is 21.3 Å². The van der Waals surface area contributed by atoms with Gasteiger partial charge >= 0.3 is 5.97 Å². The molecule has 6 rings (SSSR count). The lowest BCUT2D eigenvalue weighted by molar-refractivity contribution is -0.121. The summed E-state index contributed by atoms with van der Waals surface area (Å²) in [5.74, 6) is -0.689. The van der Waals surface area contributed by atoms with Crippen molar-refractivity contribution in [2.45, 2.75) is 50.6 Å². The number of hydrogen-bond acceptors (Lipinski definition) is 6. The molecule has 38 heavy (non-hydrogen) atoms. The van der Waals surface area contributed by atoms with Gasteiger partial charge in [-0.15, -0.1) is 11.3 Å². The lowest BCUT2D eigenvalue weighted by Crippen LogP contribution is -2.31. The average molecular weight is 530 g/mol. The molecule has 2 aliphatic rings. The molecule has 0 saturated heterocycles. The zero-order valence-corrected chi connectivity index (χ0v) is 21.7. The largest absolute Gasteiger partial charge is 0.494 e. The summed E-state index contributed by atoms with van der Waals surface area (Å²) in [5.41, 5.74) is 2.76. The third-order valence-electron chi connectivity index (χ3n) is 7.32. The quantitative estimate of drug-likeness (QED) is 0.352. The van der Waals surface area contributed by atoms with E-state index in [0.717, 1.165) is 53.7 Å². The summed E-state index contributed by atoms with van der Waals surface area (Å²) >= 11 is 1.68. The lowest BCUT2D eigenvalue weighted by atomic mass is 9.93. The molecule has 1 fully saturated rings. The van der Waals surface area contributed by atoms with Crippen LogP contribution in [-0.4, -0.2) is 33.6 Å². The number of aromatic nitrogens is 2. The van der Waals surface area contributed by atoms with Crippen LogP contribution in [0.15, 0.2) is 53.7 Å². The van der Waals surface area contributed by atoms with Crippen molar-refractivity contribution < 1.29 is 19.4 Å². The van der Waals surface area contributed by atoms with Gasteiger partial charge in [0.1, 0.15) is 5.56 Å². The van der Waals surface area contributed by atoms with Crippen LogP contribution in [0.3, 0.4) is 0 Å². The van der Waals surface area contributed by atoms with Crippen molar-refractivity contribution in [2.24, 2.45) is 0 Å². The van der Waals surface area contributed by atoms with Crippen molar-refractivity contribution in [3.63, 3.8) is 0 Å². The Bertz CT molecular complexity index is 1620. The number of benzene rings is 1. The topological polar surface area (TPSA) is 111 Å². The second kappa shape index (κ2) is 9.72. The predicted molar refractivity (Wildman–Crippen MR) is 145 cm³/mol. The van der Waals surface area contributed by atoms with Gasteiger partial charge in [0.05, 0.1) is 30.5 Å². The molecule has 4 aromatic rings. The molecule has 2 N–H and O–H groups in total. The van der Waals surface area contributed by atoms with Crippen LogP contribution in [0, 0.1) is 0 Å². The number of thiophene rings is 1. The zero-order chi connectivity index (χ0) is 26.4. The number of nitrogens with zero attached hydrogens (tertiary/aromatic N) is 2. The van der Waals surface area contributed by atoms with E-state index in [4.69, 9.17) is 4.74 Å². The van der Waals surface area contributed by atoms with Crippen LogP contribution in [-0.2, 0) is 17.6 Å². The maximum atomic E-state index is 13.0. The summed E-state index contributed by atoms with van der Waals surface area (Å²) in [6, 6.07) is 9.50. The SMILES string of the molecule is COc1c(-c2cc3c(s2)CCCC3NC(=O)Cc2cccnc2)ccc2c(=O)c(C(=O)O)cn(C3CC3)c12. The summed E-state index contributed by atoms with van der Waals surface area (Å²) in [6.45, 7) is 0. The van der Waals surface area contributed by atoms with Gasteiger partial charge < -0.3 is 19.7 Å². The molecule has 0 spiro atoms. The highest BCUT2D eigenvalue weighted by Gasteiger charge is 2.30. The minimum Gasteiger partial charge on any atom is -0.494 e. The van der Waals surface area contributed by atoms with Gasteiger partial charge in [-0.2, -0.15) is 0 Å². The van der Waals surface area contributed by atoms with E-state index in [1.165, 1.54) is 11.1 Å². The monoisotopic (exact) mass is 529 g/mol. The number of hydrogen-bond donors (Lipinski definition) is 2. The Morgan fingerprint density at radius 2 is 2.08 bits per heavy atom. The van der Waals surface area contributed by atoms with Gasteiger partial charge in [-0.1, -0.05) is 6.07 Å². The van der Waals surface area contributed by atoms with Gasteiger partial charge in [-0.3, -0.25) is 14.6 Å². The van der Waals surface area contributed by atoms with Crippen LogP contribution in [0.4, 0.5) is 0 Å². The highest BCUT2D eigenvalue weighted by Crippen LogP contribution is 2.46. The molecule has 8 nitrogen and oxygen atoms in total. The standard InChI is InChI=1S/C29H27N3O5S/c1-37-28-18(9-10-19-26(28)32(17-7-8-17)15-21(27(19)34)29(35)36)24-13-20-22(5-2-6-23(20)38-24)31-25(33)12-16-4-3-11-30-14-16/h3-4,9-11,13-15,17,22H,2,5-8,12H2,1H3,(H,31,33)(H,35,36). The molecular formula is C29H27N3O5S. The minimum absolute atomic E-state index is 0.0328. The van der Waals surface area contributed by atoms with Crippen LogP contribution in [0.1, 0.15) is 64.1 Å². The van der Waals surface area contributed by atoms with Gasteiger partial charge in [-0.05, 0) is 67.5 Å². The summed E-state index contributed by atoms with van der Waals surface area (Å²) < 4.78 is 7.80. The average Bonchev–Trinajstić information content (AvgIpc) is 3.66. The number of rotatable bonds is 7. The van der Waals surface area contributed by atoms with Gasteiger partial charge in [0.2, 0.25) is 11.3 Å². The number of carbonyl (C=O) groups is 2. The van der Waals surface area contributed by atoms with E-state index in [-0.39, 0.29) is 30.0 Å². The Labute approximate surface area is 222 Å². The van der Waals surface area contributed by atoms with E-state index in [9.17, 15) is 19.5 Å². The second-order valence-corrected chi connectivity index (χ2v) is 11.0. The first-order chi connectivity index (χ1) is 18.4. The lowest BCUT2D eigenvalue weighted by Gasteiger charge is -2.23. The Morgan fingerprint density at radius 1 is 1.24 bits per heavy atom. The molecule has 3 aromatic heterocycles. The molecule has 1 unspecified atom stereocenters. The molecule has 1 saturated carbocycles. The number of carboxylic acids is 1. The number of carbonyl (C=O) groups excluding carboxylic acids is 1. The number of carboxylic acid groups (broad SMARTS) is 1. The highest BCUT2D eigenvalue weighted by atomic mass is 32.1. The summed E-state index contributed by atoms with van der Waals surface area (Å²) in [4.78, 5) is 43.9. The molecule has 1 atom stereocenters. The number of aryl methyl sites for hydroxylation is 1. The smallest absolute Gasteiger partial charge is 0.341 e. The molecule has 2 aliphatic carbocycles. The maximum Gasteiger partial charge on any atom is 0.341 e. The maximum absolute atomic E-state index is 13.0. The number of nitrogens with one attached hydrogen (secondary N) is 1. The Kier molecular flexibility index (Phi) is 6.23. The van der Waals surface area contributed by atoms with E-state index in [1.54, 1.807) is 36.9 Å². The van der Waals surface area contributed by atoms with Crippen LogP contribution < -0.4 is 15.5 Å². The zero-order valence-electron chi connectivity index (χ0n) is 20.9. The van der Waals surface area contributed by atoms with Crippen molar-refractivity contribution >= 4 is 34.1 Å². The van der Waals surface area contributed by atoms with Crippen molar-refractivity contribution in [1.29, 1.82) is 0 Å². The van der Waals surface area contributed by atoms with E-state index >= 15 is 0 Å². The molecular weight excluding hydrogens is 502 g/mol. The number of aromatic carboxylic acids is 1. The molecule has 9 heteroatoms. The molecule has 1 aromatic carbocycles. The molecule has 3 heterocycles. The minimum atomic E-state index is -1.23. The predicted octanol–water partition coefficient (Wildman–Crippen LogP) is 4.90. The van der Waals surface area contributed by atoms with Crippen molar-refractivity contribution in [3.05, 3.63) is 80.7 Å². The highest BCUT2D eigenvalue weighted by molar-refractivity contribution is 7.15. The number of fused-ring (bicyclic) bond motifs is 2. The van der Waals surface area contributed by atoms with Crippen molar-refractivity contribution in [1.82, 2.24) is 14.9 Å². The van der Waals surface area contributed by atoms with Crippen molar-refractivity contribution in [3.8, 4) is 16.2 Å². The Hall–Kier alpha value is -3.98. The van der Waals surface area contributed by atoms with Crippen LogP contribution >= 0.6 is 11.3 Å². The summed E-state index contributed by atoms with van der Waals surface area (Å²) in [6.07, 6.45) is 9.81. The first kappa shape index (κ1) is 24.4. The number of amides is 1. The van der Waals surface area contributed by atoms with Gasteiger partial charge in [-0.25, -0.2) is 4.79 Å². The summed E-state index contributed by atoms with van der Waals surface area (Å²) in [7, 11) is 1.58. The number of methoxy groups -OCH3 is 1. The van der Waals surface area contributed by atoms with E-state index < -0.39 is 11.4 Å². The molecule has 1 amide bonds. The summed E-state index contributed by atoms with van der Waals surface area (Å²) in [5, 5.41) is 13.2. The molecule has 0 bridgehead atoms. The van der Waals surface area contributed by atoms with Crippen LogP contribution in [0.2, 0.25) is 0 Å². The molecule has 0 aliphatic heterocycles. The molecule has 194 valence electrons. The second-order valence-electron chi connectivity index (χ2n) is 9.90. The van der Waals surface area contributed by atoms with E-state index in [1.807, 2.05) is 22.8 Å². The van der Waals surface area contributed by atoms with Gasteiger partial charge in [0.25, 0.3) is 0 Å². The fraction of sp³-hybridized carbons (Fsp3) is 0.310.